The fourth-order valence-electron chi connectivity index (χ4n) is 3.93. The van der Waals surface area contributed by atoms with Crippen molar-refractivity contribution in [3.63, 3.8) is 0 Å². The van der Waals surface area contributed by atoms with Crippen molar-refractivity contribution in [2.75, 3.05) is 18.5 Å². The molecule has 0 unspecified atom stereocenters. The van der Waals surface area contributed by atoms with E-state index in [9.17, 15) is 4.79 Å². The summed E-state index contributed by atoms with van der Waals surface area (Å²) in [7, 11) is 0. The number of hydrogen-bond acceptors (Lipinski definition) is 6. The molecule has 0 spiro atoms. The largest absolute Gasteiger partial charge is 0.493 e. The number of rotatable bonds is 7. The molecule has 3 heterocycles. The number of hydrogen-bond donors (Lipinski definition) is 1. The van der Waals surface area contributed by atoms with Crippen LogP contribution in [0.2, 0.25) is 0 Å². The summed E-state index contributed by atoms with van der Waals surface area (Å²) in [5.41, 5.74) is 3.76. The second-order valence-corrected chi connectivity index (χ2v) is 7.75. The van der Waals surface area contributed by atoms with Gasteiger partial charge in [-0.2, -0.15) is 0 Å². The number of aryl methyl sites for hydroxylation is 2. The number of anilines is 2. The average Bonchev–Trinajstić information content (AvgIpc) is 3.25. The van der Waals surface area contributed by atoms with Crippen LogP contribution in [0.4, 0.5) is 11.5 Å². The van der Waals surface area contributed by atoms with Gasteiger partial charge in [0.2, 0.25) is 5.91 Å². The van der Waals surface area contributed by atoms with Crippen LogP contribution in [0.25, 0.3) is 0 Å². The number of ether oxygens (including phenoxy) is 1. The van der Waals surface area contributed by atoms with E-state index in [1.165, 1.54) is 0 Å². The van der Waals surface area contributed by atoms with Crippen LogP contribution in [0.1, 0.15) is 42.3 Å². The predicted molar refractivity (Wildman–Crippen MR) is 119 cm³/mol. The molecule has 7 nitrogen and oxygen atoms in total. The third-order valence-corrected chi connectivity index (χ3v) is 5.39. The highest BCUT2D eigenvalue weighted by Crippen LogP contribution is 2.33. The molecule has 0 aliphatic carbocycles. The van der Waals surface area contributed by atoms with E-state index in [1.54, 1.807) is 18.6 Å². The second kappa shape index (κ2) is 9.55. The number of carbonyl (C=O) groups is 1. The van der Waals surface area contributed by atoms with Gasteiger partial charge >= 0.3 is 0 Å². The number of carbonyl (C=O) groups excluding carboxylic acids is 1. The molecule has 0 radical (unpaired) electrons. The number of likely N-dealkylation sites (tertiary alicyclic amines) is 1. The number of amides is 1. The number of para-hydroxylation sites is 1. The molecule has 1 amide bonds. The van der Waals surface area contributed by atoms with Gasteiger partial charge in [-0.3, -0.25) is 14.8 Å². The molecule has 1 aliphatic rings. The van der Waals surface area contributed by atoms with Gasteiger partial charge < -0.3 is 15.0 Å². The van der Waals surface area contributed by atoms with Gasteiger partial charge in [0.25, 0.3) is 0 Å². The molecule has 1 aromatic carbocycles. The molecule has 1 fully saturated rings. The molecule has 3 aromatic rings. The Hall–Kier alpha value is -3.48. The summed E-state index contributed by atoms with van der Waals surface area (Å²) in [6.07, 6.45) is 7.19. The molecular formula is C24H27N5O2. The minimum atomic E-state index is -0.0201. The minimum absolute atomic E-state index is 0.0201. The maximum Gasteiger partial charge on any atom is 0.226 e. The van der Waals surface area contributed by atoms with E-state index in [-0.39, 0.29) is 11.9 Å². The molecule has 1 atom stereocenters. The summed E-state index contributed by atoms with van der Waals surface area (Å²) in [5, 5.41) is 3.27. The second-order valence-electron chi connectivity index (χ2n) is 7.75. The smallest absolute Gasteiger partial charge is 0.226 e. The van der Waals surface area contributed by atoms with E-state index < -0.39 is 0 Å². The van der Waals surface area contributed by atoms with Gasteiger partial charge in [0.15, 0.2) is 0 Å². The van der Waals surface area contributed by atoms with Crippen LogP contribution in [0.5, 0.6) is 5.75 Å². The molecule has 1 saturated heterocycles. The molecule has 31 heavy (non-hydrogen) atoms. The van der Waals surface area contributed by atoms with Crippen molar-refractivity contribution in [3.8, 4) is 5.75 Å². The SMILES string of the molecule is Cc1cc(Nc2cnccn2)cc([C@H]2CCCN2C(=O)CCOc2ccccc2C)n1. The molecule has 4 rings (SSSR count). The lowest BCUT2D eigenvalue weighted by Crippen LogP contribution is -2.32. The molecule has 0 bridgehead atoms. The van der Waals surface area contributed by atoms with Crippen LogP contribution in [-0.4, -0.2) is 38.9 Å². The molecule has 1 N–H and O–H groups in total. The van der Waals surface area contributed by atoms with Crippen LogP contribution in [0, 0.1) is 13.8 Å². The van der Waals surface area contributed by atoms with Gasteiger partial charge in [-0.1, -0.05) is 18.2 Å². The van der Waals surface area contributed by atoms with Gasteiger partial charge in [-0.05, 0) is 50.5 Å². The van der Waals surface area contributed by atoms with E-state index in [0.717, 1.165) is 47.8 Å². The van der Waals surface area contributed by atoms with E-state index in [0.29, 0.717) is 18.8 Å². The minimum Gasteiger partial charge on any atom is -0.493 e. The van der Waals surface area contributed by atoms with Crippen LogP contribution in [0.15, 0.2) is 55.0 Å². The maximum atomic E-state index is 12.9. The molecule has 160 valence electrons. The number of benzene rings is 1. The number of pyridine rings is 1. The Labute approximate surface area is 182 Å². The van der Waals surface area contributed by atoms with Gasteiger partial charge in [0.1, 0.15) is 11.6 Å². The summed E-state index contributed by atoms with van der Waals surface area (Å²) < 4.78 is 5.83. The van der Waals surface area contributed by atoms with Crippen molar-refractivity contribution in [2.24, 2.45) is 0 Å². The Morgan fingerprint density at radius 3 is 2.90 bits per heavy atom. The van der Waals surface area contributed by atoms with E-state index in [4.69, 9.17) is 9.72 Å². The summed E-state index contributed by atoms with van der Waals surface area (Å²) >= 11 is 0. The fraction of sp³-hybridized carbons (Fsp3) is 0.333. The zero-order chi connectivity index (χ0) is 21.6. The highest BCUT2D eigenvalue weighted by atomic mass is 16.5. The van der Waals surface area contributed by atoms with Crippen molar-refractivity contribution in [2.45, 2.75) is 39.2 Å². The first-order valence-corrected chi connectivity index (χ1v) is 10.6. The first kappa shape index (κ1) is 20.8. The predicted octanol–water partition coefficient (Wildman–Crippen LogP) is 4.36. The van der Waals surface area contributed by atoms with Crippen LogP contribution < -0.4 is 10.1 Å². The number of aromatic nitrogens is 3. The Bertz CT molecular complexity index is 1040. The first-order chi connectivity index (χ1) is 15.1. The molecule has 7 heteroatoms. The van der Waals surface area contributed by atoms with Gasteiger partial charge in [0, 0.05) is 30.3 Å². The topological polar surface area (TPSA) is 80.2 Å². The monoisotopic (exact) mass is 417 g/mol. The highest BCUT2D eigenvalue weighted by molar-refractivity contribution is 5.77. The van der Waals surface area contributed by atoms with Crippen molar-refractivity contribution in [1.82, 2.24) is 19.9 Å². The zero-order valence-electron chi connectivity index (χ0n) is 17.9. The van der Waals surface area contributed by atoms with Crippen molar-refractivity contribution < 1.29 is 9.53 Å². The van der Waals surface area contributed by atoms with Crippen molar-refractivity contribution in [3.05, 3.63) is 71.9 Å². The first-order valence-electron chi connectivity index (χ1n) is 10.6. The standard InChI is InChI=1S/C24H27N5O2/c1-17-6-3-4-8-22(17)31-13-9-24(30)29-12-5-7-21(29)20-15-19(14-18(2)27-20)28-23-16-25-10-11-26-23/h3-4,6,8,10-11,14-16,21H,5,7,9,12-13H2,1-2H3,(H,26,27,28)/t21-/m1/s1. The summed E-state index contributed by atoms with van der Waals surface area (Å²) in [5.74, 6) is 1.60. The van der Waals surface area contributed by atoms with Gasteiger partial charge in [-0.15, -0.1) is 0 Å². The third-order valence-electron chi connectivity index (χ3n) is 5.39. The number of nitrogens with zero attached hydrogens (tertiary/aromatic N) is 4. The van der Waals surface area contributed by atoms with E-state index in [2.05, 4.69) is 15.3 Å². The summed E-state index contributed by atoms with van der Waals surface area (Å²) in [6.45, 7) is 5.08. The lowest BCUT2D eigenvalue weighted by molar-refractivity contribution is -0.132. The molecular weight excluding hydrogens is 390 g/mol. The zero-order valence-corrected chi connectivity index (χ0v) is 17.9. The van der Waals surface area contributed by atoms with Gasteiger partial charge in [-0.25, -0.2) is 4.98 Å². The molecule has 1 aliphatic heterocycles. The van der Waals surface area contributed by atoms with E-state index >= 15 is 0 Å². The Morgan fingerprint density at radius 2 is 2.10 bits per heavy atom. The fourth-order valence-corrected chi connectivity index (χ4v) is 3.93. The summed E-state index contributed by atoms with van der Waals surface area (Å²) in [6, 6.07) is 11.8. The van der Waals surface area contributed by atoms with Crippen molar-refractivity contribution in [1.29, 1.82) is 0 Å². The normalized spacial score (nSPS) is 15.7. The van der Waals surface area contributed by atoms with Crippen LogP contribution in [-0.2, 0) is 4.79 Å². The Morgan fingerprint density at radius 1 is 1.23 bits per heavy atom. The highest BCUT2D eigenvalue weighted by Gasteiger charge is 2.31. The third kappa shape index (κ3) is 5.17. The molecule has 2 aromatic heterocycles. The quantitative estimate of drug-likeness (QED) is 0.615. The number of nitrogens with one attached hydrogen (secondary N) is 1. The lowest BCUT2D eigenvalue weighted by atomic mass is 10.1. The van der Waals surface area contributed by atoms with Crippen molar-refractivity contribution >= 4 is 17.4 Å². The Kier molecular flexibility index (Phi) is 6.40. The Balaban J connectivity index is 1.42. The maximum absolute atomic E-state index is 12.9. The van der Waals surface area contributed by atoms with Crippen LogP contribution in [0.3, 0.4) is 0 Å². The van der Waals surface area contributed by atoms with Crippen LogP contribution >= 0.6 is 0 Å². The van der Waals surface area contributed by atoms with Gasteiger partial charge in [0.05, 0.1) is 31.0 Å². The average molecular weight is 418 g/mol. The molecule has 0 saturated carbocycles. The lowest BCUT2D eigenvalue weighted by Gasteiger charge is -2.25. The van der Waals surface area contributed by atoms with E-state index in [1.807, 2.05) is 55.1 Å². The summed E-state index contributed by atoms with van der Waals surface area (Å²) in [4.78, 5) is 28.0.